The van der Waals surface area contributed by atoms with Crippen LogP contribution in [0, 0.1) is 11.3 Å². The third-order valence-corrected chi connectivity index (χ3v) is 7.72. The highest BCUT2D eigenvalue weighted by Crippen LogP contribution is 2.44. The Balaban J connectivity index is 1.26. The maximum atomic E-state index is 13.0. The van der Waals surface area contributed by atoms with E-state index in [0.717, 1.165) is 60.4 Å². The monoisotopic (exact) mass is 445 g/mol. The summed E-state index contributed by atoms with van der Waals surface area (Å²) in [5, 5.41) is 4.37. The molecule has 0 radical (unpaired) electrons. The Labute approximate surface area is 194 Å². The lowest BCUT2D eigenvalue weighted by molar-refractivity contribution is -0.0361. The number of nitrogens with one attached hydrogen (secondary N) is 2. The van der Waals surface area contributed by atoms with Gasteiger partial charge >= 0.3 is 6.09 Å². The number of carbonyl (C=O) groups is 1. The quantitative estimate of drug-likeness (QED) is 0.588. The van der Waals surface area contributed by atoms with Crippen molar-refractivity contribution in [2.45, 2.75) is 38.8 Å². The zero-order chi connectivity index (χ0) is 22.6. The fourth-order valence-corrected chi connectivity index (χ4v) is 5.77. The molecule has 172 valence electrons. The molecule has 1 aromatic heterocycles. The first kappa shape index (κ1) is 20.6. The molecule has 5 heterocycles. The average molecular weight is 446 g/mol. The van der Waals surface area contributed by atoms with Gasteiger partial charge in [-0.2, -0.15) is 0 Å². The van der Waals surface area contributed by atoms with E-state index in [1.807, 2.05) is 6.20 Å². The number of alkyl carbamates (subject to hydrolysis) is 1. The molecule has 3 aromatic rings. The van der Waals surface area contributed by atoms with Crippen LogP contribution in [0.1, 0.15) is 38.3 Å². The number of carbonyl (C=O) groups excluding carboxylic acids is 1. The summed E-state index contributed by atoms with van der Waals surface area (Å²) in [6, 6.07) is 14.5. The smallest absolute Gasteiger partial charge is 0.407 e. The zero-order valence-corrected chi connectivity index (χ0v) is 19.3. The summed E-state index contributed by atoms with van der Waals surface area (Å²) in [5.41, 5.74) is 4.10. The summed E-state index contributed by atoms with van der Waals surface area (Å²) in [6.07, 6.45) is 3.89. The maximum absolute atomic E-state index is 13.0. The number of para-hydroxylation sites is 1. The van der Waals surface area contributed by atoms with Crippen molar-refractivity contribution in [1.29, 1.82) is 0 Å². The molecule has 3 saturated heterocycles. The number of nitrogens with zero attached hydrogens (tertiary/aromatic N) is 1. The second-order valence-electron chi connectivity index (χ2n) is 10.4. The summed E-state index contributed by atoms with van der Waals surface area (Å²) < 4.78 is 12.1. The largest absolute Gasteiger partial charge is 0.493 e. The number of fused-ring (bicyclic) bond motifs is 5. The topological polar surface area (TPSA) is 66.6 Å². The third kappa shape index (κ3) is 3.66. The highest BCUT2D eigenvalue weighted by molar-refractivity contribution is 5.94. The molecule has 3 fully saturated rings. The molecule has 4 aliphatic rings. The molecule has 4 aliphatic heterocycles. The minimum atomic E-state index is -0.320. The van der Waals surface area contributed by atoms with Gasteiger partial charge in [-0.3, -0.25) is 4.90 Å². The van der Waals surface area contributed by atoms with Crippen molar-refractivity contribution in [2.75, 3.05) is 26.2 Å². The summed E-state index contributed by atoms with van der Waals surface area (Å²) in [4.78, 5) is 18.7. The first-order valence-corrected chi connectivity index (χ1v) is 12.0. The van der Waals surface area contributed by atoms with E-state index >= 15 is 0 Å². The SMILES string of the molecule is CC1(C)COc2cc(-c3cccc4cc[nH]c34)ccc2C1NC(=O)O[C@H]1CN2CCC1CC2. The van der Waals surface area contributed by atoms with Gasteiger partial charge in [0.1, 0.15) is 11.9 Å². The molecule has 1 unspecified atom stereocenters. The summed E-state index contributed by atoms with van der Waals surface area (Å²) in [7, 11) is 0. The first-order valence-electron chi connectivity index (χ1n) is 12.0. The van der Waals surface area contributed by atoms with E-state index in [1.54, 1.807) is 0 Å². The Bertz CT molecular complexity index is 1190. The molecular weight excluding hydrogens is 414 g/mol. The van der Waals surface area contributed by atoms with E-state index < -0.39 is 0 Å². The lowest BCUT2D eigenvalue weighted by atomic mass is 9.78. The Morgan fingerprint density at radius 3 is 2.82 bits per heavy atom. The molecule has 0 spiro atoms. The third-order valence-electron chi connectivity index (χ3n) is 7.72. The molecule has 2 atom stereocenters. The Kier molecular flexibility index (Phi) is 4.87. The van der Waals surface area contributed by atoms with E-state index in [-0.39, 0.29) is 23.7 Å². The fourth-order valence-electron chi connectivity index (χ4n) is 5.77. The van der Waals surface area contributed by atoms with Gasteiger partial charge in [0.05, 0.1) is 18.2 Å². The molecule has 0 aliphatic carbocycles. The highest BCUT2D eigenvalue weighted by Gasteiger charge is 2.41. The first-order chi connectivity index (χ1) is 16.0. The Morgan fingerprint density at radius 2 is 2.03 bits per heavy atom. The van der Waals surface area contributed by atoms with E-state index in [4.69, 9.17) is 9.47 Å². The summed E-state index contributed by atoms with van der Waals surface area (Å²) in [6.45, 7) is 7.90. The zero-order valence-electron chi connectivity index (χ0n) is 19.3. The van der Waals surface area contributed by atoms with Crippen molar-refractivity contribution in [3.63, 3.8) is 0 Å². The number of amides is 1. The minimum absolute atomic E-state index is 0.00131. The molecule has 2 aromatic carbocycles. The van der Waals surface area contributed by atoms with Gasteiger partial charge in [-0.15, -0.1) is 0 Å². The van der Waals surface area contributed by atoms with Crippen LogP contribution in [0.3, 0.4) is 0 Å². The van der Waals surface area contributed by atoms with Gasteiger partial charge in [-0.25, -0.2) is 4.79 Å². The Morgan fingerprint density at radius 1 is 1.18 bits per heavy atom. The molecule has 2 bridgehead atoms. The van der Waals surface area contributed by atoms with Crippen LogP contribution in [0.15, 0.2) is 48.7 Å². The van der Waals surface area contributed by atoms with Gasteiger partial charge in [-0.05, 0) is 54.9 Å². The van der Waals surface area contributed by atoms with Gasteiger partial charge in [0.25, 0.3) is 0 Å². The molecule has 7 rings (SSSR count). The van der Waals surface area contributed by atoms with Crippen molar-refractivity contribution in [1.82, 2.24) is 15.2 Å². The average Bonchev–Trinajstić information content (AvgIpc) is 3.31. The standard InChI is InChI=1S/C27H31N3O3/c1-27(2)16-32-22-14-19(20-5-3-4-18-8-11-28-24(18)20)6-7-21(22)25(27)29-26(31)33-23-15-30-12-9-17(23)10-13-30/h3-8,11,14,17,23,25,28H,9-10,12-13,15-16H2,1-2H3,(H,29,31)/t23-,25?/m0/s1. The summed E-state index contributed by atoms with van der Waals surface area (Å²) >= 11 is 0. The van der Waals surface area contributed by atoms with Crippen LogP contribution in [0.25, 0.3) is 22.0 Å². The highest BCUT2D eigenvalue weighted by atomic mass is 16.6. The predicted molar refractivity (Wildman–Crippen MR) is 128 cm³/mol. The number of H-pyrrole nitrogens is 1. The number of hydrogen-bond acceptors (Lipinski definition) is 4. The van der Waals surface area contributed by atoms with E-state index in [2.05, 4.69) is 71.5 Å². The maximum Gasteiger partial charge on any atom is 0.407 e. The van der Waals surface area contributed by atoms with Crippen LogP contribution in [0.4, 0.5) is 4.79 Å². The Hall–Kier alpha value is -2.99. The number of ether oxygens (including phenoxy) is 2. The van der Waals surface area contributed by atoms with Gasteiger partial charge in [0.15, 0.2) is 0 Å². The molecular formula is C27H31N3O3. The van der Waals surface area contributed by atoms with E-state index in [1.165, 1.54) is 5.39 Å². The van der Waals surface area contributed by atoms with Gasteiger partial charge in [-0.1, -0.05) is 44.2 Å². The molecule has 6 heteroatoms. The van der Waals surface area contributed by atoms with Crippen molar-refractivity contribution in [3.8, 4) is 16.9 Å². The lowest BCUT2D eigenvalue weighted by Crippen LogP contribution is -2.53. The van der Waals surface area contributed by atoms with E-state index in [0.29, 0.717) is 12.5 Å². The number of piperidine rings is 3. The molecule has 33 heavy (non-hydrogen) atoms. The van der Waals surface area contributed by atoms with Crippen LogP contribution in [-0.2, 0) is 4.74 Å². The van der Waals surface area contributed by atoms with Crippen LogP contribution >= 0.6 is 0 Å². The molecule has 6 nitrogen and oxygen atoms in total. The van der Waals surface area contributed by atoms with Crippen molar-refractivity contribution in [2.24, 2.45) is 11.3 Å². The summed E-state index contributed by atoms with van der Waals surface area (Å²) in [5.74, 6) is 1.32. The van der Waals surface area contributed by atoms with Gasteiger partial charge < -0.3 is 19.8 Å². The predicted octanol–water partition coefficient (Wildman–Crippen LogP) is 5.12. The van der Waals surface area contributed by atoms with Gasteiger partial charge in [0, 0.05) is 29.3 Å². The fraction of sp³-hybridized carbons (Fsp3) is 0.444. The number of hydrogen-bond donors (Lipinski definition) is 2. The second-order valence-corrected chi connectivity index (χ2v) is 10.4. The van der Waals surface area contributed by atoms with E-state index in [9.17, 15) is 4.79 Å². The molecule has 2 N–H and O–H groups in total. The number of aromatic amines is 1. The van der Waals surface area contributed by atoms with Crippen molar-refractivity contribution < 1.29 is 14.3 Å². The lowest BCUT2D eigenvalue weighted by Gasteiger charge is -2.44. The van der Waals surface area contributed by atoms with Crippen LogP contribution in [0.2, 0.25) is 0 Å². The number of rotatable bonds is 3. The van der Waals surface area contributed by atoms with Crippen molar-refractivity contribution in [3.05, 3.63) is 54.2 Å². The second kappa shape index (κ2) is 7.80. The number of benzene rings is 2. The number of aromatic nitrogens is 1. The molecule has 1 amide bonds. The van der Waals surface area contributed by atoms with Gasteiger partial charge in [0.2, 0.25) is 0 Å². The van der Waals surface area contributed by atoms with Crippen molar-refractivity contribution >= 4 is 17.0 Å². The van der Waals surface area contributed by atoms with Crippen LogP contribution < -0.4 is 10.1 Å². The van der Waals surface area contributed by atoms with Crippen LogP contribution in [0.5, 0.6) is 5.75 Å². The van der Waals surface area contributed by atoms with Crippen LogP contribution in [-0.4, -0.2) is 48.3 Å². The normalized spacial score (nSPS) is 27.6. The molecule has 0 saturated carbocycles. The minimum Gasteiger partial charge on any atom is -0.493 e.